The number of benzene rings is 1. The first-order chi connectivity index (χ1) is 7.72. The molecule has 0 aliphatic carbocycles. The molecule has 1 heterocycles. The van der Waals surface area contributed by atoms with Crippen LogP contribution in [0, 0.1) is 12.8 Å². The number of rotatable bonds is 2. The minimum atomic E-state index is 0.537. The van der Waals surface area contributed by atoms with Crippen LogP contribution in [-0.4, -0.2) is 12.3 Å². The number of thioether (sulfide) groups is 1. The average Bonchev–Trinajstić information content (AvgIpc) is 2.41. The van der Waals surface area contributed by atoms with Crippen molar-refractivity contribution in [3.05, 3.63) is 34.9 Å². The van der Waals surface area contributed by atoms with E-state index in [1.165, 1.54) is 28.2 Å². The molecule has 1 aromatic carbocycles. The molecule has 88 valence electrons. The number of hydrogen-bond donors (Lipinski definition) is 1. The van der Waals surface area contributed by atoms with E-state index in [2.05, 4.69) is 56.0 Å². The van der Waals surface area contributed by atoms with Crippen molar-refractivity contribution in [1.82, 2.24) is 5.32 Å². The van der Waals surface area contributed by atoms with E-state index in [0.717, 1.165) is 6.54 Å². The third kappa shape index (κ3) is 2.44. The molecule has 0 bridgehead atoms. The van der Waals surface area contributed by atoms with Gasteiger partial charge in [0.15, 0.2) is 0 Å². The van der Waals surface area contributed by atoms with Crippen LogP contribution < -0.4 is 5.32 Å². The summed E-state index contributed by atoms with van der Waals surface area (Å²) in [5.74, 6) is 3.14. The normalized spacial score (nSPS) is 24.9. The highest BCUT2D eigenvalue weighted by Crippen LogP contribution is 2.34. The monoisotopic (exact) mass is 235 g/mol. The summed E-state index contributed by atoms with van der Waals surface area (Å²) < 4.78 is 0. The maximum Gasteiger partial charge on any atom is 0.0356 e. The molecule has 0 spiro atoms. The first kappa shape index (κ1) is 12.0. The lowest BCUT2D eigenvalue weighted by Gasteiger charge is -2.24. The standard InChI is InChI=1S/C14H21NS/c1-4-15-14-11(3)8-16-9-12-6-5-10(2)7-13(12)14/h5-7,11,14-15H,4,8-9H2,1-3H3. The molecule has 1 N–H and O–H groups in total. The second-order valence-corrected chi connectivity index (χ2v) is 5.76. The molecule has 0 saturated carbocycles. The number of aryl methyl sites for hydroxylation is 1. The Morgan fingerprint density at radius 3 is 3.00 bits per heavy atom. The third-order valence-electron chi connectivity index (χ3n) is 3.27. The van der Waals surface area contributed by atoms with Crippen LogP contribution in [0.25, 0.3) is 0 Å². The lowest BCUT2D eigenvalue weighted by molar-refractivity contribution is 0.428. The average molecular weight is 235 g/mol. The van der Waals surface area contributed by atoms with Gasteiger partial charge in [-0.1, -0.05) is 37.6 Å². The molecule has 2 rings (SSSR count). The molecular formula is C14H21NS. The molecule has 0 fully saturated rings. The molecule has 0 radical (unpaired) electrons. The van der Waals surface area contributed by atoms with Gasteiger partial charge in [-0.15, -0.1) is 0 Å². The smallest absolute Gasteiger partial charge is 0.0356 e. The highest BCUT2D eigenvalue weighted by atomic mass is 32.2. The summed E-state index contributed by atoms with van der Waals surface area (Å²) in [5, 5.41) is 3.64. The lowest BCUT2D eigenvalue weighted by Crippen LogP contribution is -2.27. The van der Waals surface area contributed by atoms with Crippen LogP contribution in [0.1, 0.15) is 36.6 Å². The maximum atomic E-state index is 3.64. The van der Waals surface area contributed by atoms with Crippen molar-refractivity contribution in [3.8, 4) is 0 Å². The largest absolute Gasteiger partial charge is 0.310 e. The molecule has 2 atom stereocenters. The molecular weight excluding hydrogens is 214 g/mol. The summed E-state index contributed by atoms with van der Waals surface area (Å²) in [5.41, 5.74) is 4.42. The van der Waals surface area contributed by atoms with Crippen molar-refractivity contribution in [2.24, 2.45) is 5.92 Å². The SMILES string of the molecule is CCNC1c2cc(C)ccc2CSCC1C. The van der Waals surface area contributed by atoms with Gasteiger partial charge in [0.1, 0.15) is 0 Å². The highest BCUT2D eigenvalue weighted by Gasteiger charge is 2.24. The Kier molecular flexibility index (Phi) is 3.93. The van der Waals surface area contributed by atoms with Crippen LogP contribution in [0.2, 0.25) is 0 Å². The van der Waals surface area contributed by atoms with Crippen molar-refractivity contribution in [1.29, 1.82) is 0 Å². The van der Waals surface area contributed by atoms with Crippen molar-refractivity contribution in [2.45, 2.75) is 32.6 Å². The van der Waals surface area contributed by atoms with Crippen molar-refractivity contribution >= 4 is 11.8 Å². The number of fused-ring (bicyclic) bond motifs is 1. The van der Waals surface area contributed by atoms with Crippen LogP contribution in [0.4, 0.5) is 0 Å². The van der Waals surface area contributed by atoms with Crippen LogP contribution in [-0.2, 0) is 5.75 Å². The first-order valence-corrected chi connectivity index (χ1v) is 7.28. The van der Waals surface area contributed by atoms with Crippen LogP contribution in [0.5, 0.6) is 0 Å². The fourth-order valence-electron chi connectivity index (χ4n) is 2.42. The van der Waals surface area contributed by atoms with Crippen LogP contribution >= 0.6 is 11.8 Å². The molecule has 0 aromatic heterocycles. The summed E-state index contributed by atoms with van der Waals surface area (Å²) in [6.45, 7) is 7.79. The molecule has 16 heavy (non-hydrogen) atoms. The van der Waals surface area contributed by atoms with E-state index < -0.39 is 0 Å². The fraction of sp³-hybridized carbons (Fsp3) is 0.571. The van der Waals surface area contributed by atoms with Crippen molar-refractivity contribution in [2.75, 3.05) is 12.3 Å². The zero-order valence-corrected chi connectivity index (χ0v) is 11.2. The Labute approximate surface area is 103 Å². The van der Waals surface area contributed by atoms with Gasteiger partial charge in [-0.3, -0.25) is 0 Å². The van der Waals surface area contributed by atoms with Crippen molar-refractivity contribution < 1.29 is 0 Å². The summed E-state index contributed by atoms with van der Waals surface area (Å²) >= 11 is 2.06. The molecule has 0 amide bonds. The second kappa shape index (κ2) is 5.24. The highest BCUT2D eigenvalue weighted by molar-refractivity contribution is 7.98. The maximum absolute atomic E-state index is 3.64. The second-order valence-electron chi connectivity index (χ2n) is 4.73. The molecule has 1 aliphatic rings. The molecule has 1 aliphatic heterocycles. The van der Waals surface area contributed by atoms with Gasteiger partial charge in [0.05, 0.1) is 0 Å². The summed E-state index contributed by atoms with van der Waals surface area (Å²) in [6.07, 6.45) is 0. The zero-order chi connectivity index (χ0) is 11.5. The van der Waals surface area contributed by atoms with Gasteiger partial charge < -0.3 is 5.32 Å². The topological polar surface area (TPSA) is 12.0 Å². The van der Waals surface area contributed by atoms with Crippen LogP contribution in [0.3, 0.4) is 0 Å². The Bertz CT molecular complexity index is 362. The molecule has 2 unspecified atom stereocenters. The lowest BCUT2D eigenvalue weighted by atomic mass is 9.91. The van der Waals surface area contributed by atoms with Gasteiger partial charge in [-0.05, 0) is 36.3 Å². The quantitative estimate of drug-likeness (QED) is 0.841. The number of hydrogen-bond acceptors (Lipinski definition) is 2. The van der Waals surface area contributed by atoms with Gasteiger partial charge >= 0.3 is 0 Å². The molecule has 2 heteroatoms. The Balaban J connectivity index is 2.39. The molecule has 1 nitrogen and oxygen atoms in total. The summed E-state index contributed by atoms with van der Waals surface area (Å²) in [4.78, 5) is 0. The Morgan fingerprint density at radius 1 is 1.44 bits per heavy atom. The van der Waals surface area contributed by atoms with Gasteiger partial charge in [-0.25, -0.2) is 0 Å². The minimum Gasteiger partial charge on any atom is -0.310 e. The fourth-order valence-corrected chi connectivity index (χ4v) is 3.59. The van der Waals surface area contributed by atoms with Crippen LogP contribution in [0.15, 0.2) is 18.2 Å². The summed E-state index contributed by atoms with van der Waals surface area (Å²) in [7, 11) is 0. The predicted octanol–water partition coefficient (Wildman–Crippen LogP) is 3.53. The summed E-state index contributed by atoms with van der Waals surface area (Å²) in [6, 6.07) is 7.44. The van der Waals surface area contributed by atoms with E-state index in [0.29, 0.717) is 12.0 Å². The van der Waals surface area contributed by atoms with Gasteiger partial charge in [0.25, 0.3) is 0 Å². The van der Waals surface area contributed by atoms with E-state index in [-0.39, 0.29) is 0 Å². The van der Waals surface area contributed by atoms with E-state index in [1.54, 1.807) is 0 Å². The van der Waals surface area contributed by atoms with Gasteiger partial charge in [-0.2, -0.15) is 11.8 Å². The van der Waals surface area contributed by atoms with Crippen molar-refractivity contribution in [3.63, 3.8) is 0 Å². The third-order valence-corrected chi connectivity index (χ3v) is 4.54. The van der Waals surface area contributed by atoms with E-state index in [4.69, 9.17) is 0 Å². The Hall–Kier alpha value is -0.470. The predicted molar refractivity (Wildman–Crippen MR) is 72.9 cm³/mol. The van der Waals surface area contributed by atoms with E-state index in [1.807, 2.05) is 0 Å². The Morgan fingerprint density at radius 2 is 2.25 bits per heavy atom. The zero-order valence-electron chi connectivity index (χ0n) is 10.4. The molecule has 0 saturated heterocycles. The van der Waals surface area contributed by atoms with E-state index >= 15 is 0 Å². The van der Waals surface area contributed by atoms with E-state index in [9.17, 15) is 0 Å². The first-order valence-electron chi connectivity index (χ1n) is 6.13. The number of nitrogens with one attached hydrogen (secondary N) is 1. The minimum absolute atomic E-state index is 0.537. The molecule has 1 aromatic rings. The van der Waals surface area contributed by atoms with Gasteiger partial charge in [0, 0.05) is 11.8 Å². The van der Waals surface area contributed by atoms with Gasteiger partial charge in [0.2, 0.25) is 0 Å².